The predicted molar refractivity (Wildman–Crippen MR) is 102 cm³/mol. The third kappa shape index (κ3) is 3.03. The molecule has 136 valence electrons. The summed E-state index contributed by atoms with van der Waals surface area (Å²) in [6, 6.07) is 12.1. The smallest absolute Gasteiger partial charge is 0.259 e. The molecule has 0 saturated heterocycles. The summed E-state index contributed by atoms with van der Waals surface area (Å²) in [6.07, 6.45) is 1.72. The van der Waals surface area contributed by atoms with Crippen molar-refractivity contribution < 1.29 is 14.0 Å². The van der Waals surface area contributed by atoms with Crippen LogP contribution >= 0.6 is 0 Å². The molecule has 2 aromatic carbocycles. The molecule has 4 rings (SSSR count). The Morgan fingerprint density at radius 3 is 2.81 bits per heavy atom. The van der Waals surface area contributed by atoms with E-state index in [1.165, 1.54) is 12.1 Å². The lowest BCUT2D eigenvalue weighted by molar-refractivity contribution is -0.118. The molecular formula is C21H18FN3O2. The summed E-state index contributed by atoms with van der Waals surface area (Å²) < 4.78 is 14.4. The Morgan fingerprint density at radius 1 is 1.22 bits per heavy atom. The van der Waals surface area contributed by atoms with Gasteiger partial charge in [-0.15, -0.1) is 0 Å². The molecular weight excluding hydrogens is 345 g/mol. The van der Waals surface area contributed by atoms with Gasteiger partial charge in [-0.1, -0.05) is 19.9 Å². The van der Waals surface area contributed by atoms with Crippen LogP contribution in [-0.2, 0) is 11.3 Å². The molecule has 1 aliphatic heterocycles. The number of amides is 2. The highest BCUT2D eigenvalue weighted by Crippen LogP contribution is 2.33. The molecule has 6 heteroatoms. The molecule has 3 aromatic rings. The van der Waals surface area contributed by atoms with Crippen LogP contribution in [0.1, 0.15) is 29.8 Å². The van der Waals surface area contributed by atoms with E-state index < -0.39 is 5.82 Å². The Labute approximate surface area is 155 Å². The van der Waals surface area contributed by atoms with Crippen LogP contribution in [0.15, 0.2) is 48.7 Å². The van der Waals surface area contributed by atoms with Crippen molar-refractivity contribution in [3.05, 3.63) is 65.6 Å². The number of rotatable bonds is 3. The molecule has 0 atom stereocenters. The van der Waals surface area contributed by atoms with E-state index in [-0.39, 0.29) is 30.0 Å². The first-order chi connectivity index (χ1) is 12.9. The summed E-state index contributed by atoms with van der Waals surface area (Å²) in [6.45, 7) is 3.74. The first-order valence-corrected chi connectivity index (χ1v) is 8.74. The minimum atomic E-state index is -0.542. The zero-order valence-corrected chi connectivity index (χ0v) is 15.0. The van der Waals surface area contributed by atoms with Crippen molar-refractivity contribution in [2.45, 2.75) is 20.4 Å². The van der Waals surface area contributed by atoms with Crippen LogP contribution < -0.4 is 10.2 Å². The van der Waals surface area contributed by atoms with E-state index in [1.807, 2.05) is 30.3 Å². The van der Waals surface area contributed by atoms with Gasteiger partial charge < -0.3 is 10.2 Å². The van der Waals surface area contributed by atoms with E-state index >= 15 is 0 Å². The molecule has 2 heterocycles. The number of nitrogens with one attached hydrogen (secondary N) is 1. The van der Waals surface area contributed by atoms with E-state index in [0.29, 0.717) is 11.1 Å². The van der Waals surface area contributed by atoms with Crippen LogP contribution in [0.5, 0.6) is 0 Å². The normalized spacial score (nSPS) is 13.3. The summed E-state index contributed by atoms with van der Waals surface area (Å²) in [7, 11) is 0. The van der Waals surface area contributed by atoms with Crippen molar-refractivity contribution in [2.75, 3.05) is 10.2 Å². The number of nitrogens with zero attached hydrogens (tertiary/aromatic N) is 2. The monoisotopic (exact) mass is 363 g/mol. The predicted octanol–water partition coefficient (Wildman–Crippen LogP) is 4.13. The molecule has 0 saturated carbocycles. The molecule has 1 aromatic heterocycles. The highest BCUT2D eigenvalue weighted by molar-refractivity contribution is 6.11. The van der Waals surface area contributed by atoms with Gasteiger partial charge in [0.25, 0.3) is 5.91 Å². The molecule has 0 radical (unpaired) electrons. The second-order valence-corrected chi connectivity index (χ2v) is 6.90. The zero-order chi connectivity index (χ0) is 19.1. The summed E-state index contributed by atoms with van der Waals surface area (Å²) in [5.41, 5.74) is 2.61. The third-order valence-corrected chi connectivity index (χ3v) is 4.68. The van der Waals surface area contributed by atoms with Crippen molar-refractivity contribution in [3.63, 3.8) is 0 Å². The lowest BCUT2D eigenvalue weighted by atomic mass is 10.1. The fraction of sp³-hybridized carbons (Fsp3) is 0.190. The quantitative estimate of drug-likeness (QED) is 0.761. The van der Waals surface area contributed by atoms with E-state index in [2.05, 4.69) is 10.3 Å². The number of carbonyl (C=O) groups is 2. The highest BCUT2D eigenvalue weighted by atomic mass is 19.1. The zero-order valence-electron chi connectivity index (χ0n) is 15.0. The number of fused-ring (bicyclic) bond motifs is 2. The lowest BCUT2D eigenvalue weighted by Crippen LogP contribution is -2.23. The van der Waals surface area contributed by atoms with E-state index in [0.717, 1.165) is 16.6 Å². The lowest BCUT2D eigenvalue weighted by Gasteiger charge is -2.16. The molecule has 0 fully saturated rings. The Bertz CT molecular complexity index is 1080. The number of anilines is 2. The number of aromatic nitrogens is 1. The van der Waals surface area contributed by atoms with Gasteiger partial charge in [-0.3, -0.25) is 14.6 Å². The number of carbonyl (C=O) groups excluding carboxylic acids is 2. The van der Waals surface area contributed by atoms with E-state index in [4.69, 9.17) is 0 Å². The molecule has 2 amide bonds. The third-order valence-electron chi connectivity index (χ3n) is 4.68. The first kappa shape index (κ1) is 17.1. The molecule has 0 spiro atoms. The molecule has 0 bridgehead atoms. The van der Waals surface area contributed by atoms with Gasteiger partial charge in [0.2, 0.25) is 5.91 Å². The molecule has 0 aliphatic carbocycles. The number of hydrogen-bond acceptors (Lipinski definition) is 3. The summed E-state index contributed by atoms with van der Waals surface area (Å²) >= 11 is 0. The van der Waals surface area contributed by atoms with Crippen molar-refractivity contribution in [1.82, 2.24) is 4.98 Å². The topological polar surface area (TPSA) is 62.3 Å². The molecule has 27 heavy (non-hydrogen) atoms. The number of benzene rings is 2. The highest BCUT2D eigenvalue weighted by Gasteiger charge is 2.30. The Hall–Kier alpha value is -3.28. The average molecular weight is 363 g/mol. The van der Waals surface area contributed by atoms with Crippen LogP contribution in [0.2, 0.25) is 0 Å². The summed E-state index contributed by atoms with van der Waals surface area (Å²) in [4.78, 5) is 30.6. The Balaban J connectivity index is 1.68. The van der Waals surface area contributed by atoms with Crippen LogP contribution in [0.3, 0.4) is 0 Å². The van der Waals surface area contributed by atoms with Crippen molar-refractivity contribution in [2.24, 2.45) is 5.92 Å². The second-order valence-electron chi connectivity index (χ2n) is 6.90. The van der Waals surface area contributed by atoms with Crippen molar-refractivity contribution >= 4 is 34.1 Å². The maximum atomic E-state index is 14.4. The summed E-state index contributed by atoms with van der Waals surface area (Å²) in [5, 5.41) is 3.47. The van der Waals surface area contributed by atoms with Crippen LogP contribution in [0.25, 0.3) is 10.9 Å². The second kappa shape index (κ2) is 6.46. The van der Waals surface area contributed by atoms with E-state index in [1.54, 1.807) is 24.9 Å². The SMILES string of the molecule is CC(C)C(=O)Nc1cc2c(cc1F)CN(c1ccc3ncccc3c1)C2=O. The van der Waals surface area contributed by atoms with Gasteiger partial charge in [0.05, 0.1) is 17.7 Å². The fourth-order valence-electron chi connectivity index (χ4n) is 3.14. The number of halogens is 1. The van der Waals surface area contributed by atoms with Gasteiger partial charge in [0, 0.05) is 28.8 Å². The van der Waals surface area contributed by atoms with Gasteiger partial charge in [0.1, 0.15) is 5.82 Å². The van der Waals surface area contributed by atoms with Crippen LogP contribution in [0, 0.1) is 11.7 Å². The van der Waals surface area contributed by atoms with Gasteiger partial charge in [-0.25, -0.2) is 4.39 Å². The molecule has 1 N–H and O–H groups in total. The van der Waals surface area contributed by atoms with Crippen LogP contribution in [0.4, 0.5) is 15.8 Å². The van der Waals surface area contributed by atoms with Gasteiger partial charge >= 0.3 is 0 Å². The van der Waals surface area contributed by atoms with Gasteiger partial charge in [0.15, 0.2) is 0 Å². The van der Waals surface area contributed by atoms with E-state index in [9.17, 15) is 14.0 Å². The first-order valence-electron chi connectivity index (χ1n) is 8.74. The fourth-order valence-corrected chi connectivity index (χ4v) is 3.14. The van der Waals surface area contributed by atoms with Gasteiger partial charge in [-0.05, 0) is 42.0 Å². The van der Waals surface area contributed by atoms with Crippen LogP contribution in [-0.4, -0.2) is 16.8 Å². The summed E-state index contributed by atoms with van der Waals surface area (Å²) in [5.74, 6) is -1.33. The molecule has 5 nitrogen and oxygen atoms in total. The average Bonchev–Trinajstić information content (AvgIpc) is 2.97. The molecule has 1 aliphatic rings. The standard InChI is InChI=1S/C21H18FN3O2/c1-12(2)20(26)24-19-10-16-14(9-17(19)22)11-25(21(16)27)15-5-6-18-13(8-15)4-3-7-23-18/h3-10,12H,11H2,1-2H3,(H,24,26). The number of pyridine rings is 1. The maximum absolute atomic E-state index is 14.4. The maximum Gasteiger partial charge on any atom is 0.259 e. The van der Waals surface area contributed by atoms with Crippen molar-refractivity contribution in [1.29, 1.82) is 0 Å². The van der Waals surface area contributed by atoms with Crippen molar-refractivity contribution in [3.8, 4) is 0 Å². The van der Waals surface area contributed by atoms with Gasteiger partial charge in [-0.2, -0.15) is 0 Å². The number of hydrogen-bond donors (Lipinski definition) is 1. The molecule has 0 unspecified atom stereocenters. The Morgan fingerprint density at radius 2 is 2.04 bits per heavy atom. The Kier molecular flexibility index (Phi) is 4.11. The largest absolute Gasteiger partial charge is 0.323 e. The minimum absolute atomic E-state index is 0.0327. The minimum Gasteiger partial charge on any atom is -0.323 e.